The number of nitrogens with zero attached hydrogens (tertiary/aromatic N) is 5. The lowest BCUT2D eigenvalue weighted by Gasteiger charge is -2.36. The van der Waals surface area contributed by atoms with Gasteiger partial charge in [-0.2, -0.15) is 0 Å². The van der Waals surface area contributed by atoms with Crippen LogP contribution in [0, 0.1) is 20.8 Å². The zero-order valence-electron chi connectivity index (χ0n) is 23.2. The summed E-state index contributed by atoms with van der Waals surface area (Å²) in [6.45, 7) is 6.12. The van der Waals surface area contributed by atoms with Gasteiger partial charge < -0.3 is 15.0 Å². The van der Waals surface area contributed by atoms with Crippen molar-refractivity contribution >= 4 is 27.8 Å². The van der Waals surface area contributed by atoms with Gasteiger partial charge in [-0.25, -0.2) is 4.80 Å². The first kappa shape index (κ1) is 27.0. The van der Waals surface area contributed by atoms with E-state index in [1.165, 1.54) is 0 Å². The number of nitro benzene ring substituents is 1. The Kier molecular flexibility index (Phi) is 7.50. The highest BCUT2D eigenvalue weighted by atomic mass is 16.6. The molecule has 12 nitrogen and oxygen atoms in total. The number of rotatable bonds is 9. The first-order chi connectivity index (χ1) is 19.9. The highest BCUT2D eigenvalue weighted by molar-refractivity contribution is 5.81. The van der Waals surface area contributed by atoms with Gasteiger partial charge in [-0.1, -0.05) is 24.3 Å². The average Bonchev–Trinajstić information content (AvgIpc) is 3.63. The minimum Gasteiger partial charge on any atom is -0.377 e. The second-order valence-electron chi connectivity index (χ2n) is 10.8. The number of fused-ring (bicyclic) bond motifs is 1. The Hall–Kier alpha value is -4.16. The molecule has 6 rings (SSSR count). The largest absolute Gasteiger partial charge is 0.377 e. The van der Waals surface area contributed by atoms with Gasteiger partial charge in [0.25, 0.3) is 5.69 Å². The van der Waals surface area contributed by atoms with Gasteiger partial charge in [-0.3, -0.25) is 34.4 Å². The molecule has 0 saturated carbocycles. The molecule has 3 heterocycles. The summed E-state index contributed by atoms with van der Waals surface area (Å²) in [6.07, 6.45) is 2.90. The van der Waals surface area contributed by atoms with E-state index in [4.69, 9.17) is 4.74 Å². The van der Waals surface area contributed by atoms with E-state index in [9.17, 15) is 19.7 Å². The van der Waals surface area contributed by atoms with Crippen molar-refractivity contribution in [2.24, 2.45) is 7.05 Å². The number of H-pyrrole nitrogens is 1. The van der Waals surface area contributed by atoms with E-state index in [1.807, 2.05) is 23.9 Å². The molecule has 2 saturated heterocycles. The number of benzene rings is 2. The molecule has 2 N–H and O–H groups in total. The van der Waals surface area contributed by atoms with Gasteiger partial charge in [0.1, 0.15) is 16.4 Å². The van der Waals surface area contributed by atoms with Crippen LogP contribution in [0.25, 0.3) is 10.8 Å². The number of ether oxygens (including phenoxy) is 1. The second-order valence-corrected chi connectivity index (χ2v) is 10.8. The molecular weight excluding hydrogens is 526 g/mol. The minimum absolute atomic E-state index is 0.0756. The predicted octanol–water partition coefficient (Wildman–Crippen LogP) is 2.46. The summed E-state index contributed by atoms with van der Waals surface area (Å²) >= 11 is 0. The van der Waals surface area contributed by atoms with Crippen LogP contribution in [0.15, 0.2) is 52.1 Å². The quantitative estimate of drug-likeness (QED) is 0.235. The first-order valence-corrected chi connectivity index (χ1v) is 14.2. The summed E-state index contributed by atoms with van der Waals surface area (Å²) in [4.78, 5) is 43.9. The number of nitro groups is 1. The molecule has 4 aliphatic rings. The fourth-order valence-electron chi connectivity index (χ4n) is 6.07. The van der Waals surface area contributed by atoms with Crippen LogP contribution in [0.5, 0.6) is 0 Å². The molecule has 1 aliphatic carbocycles. The Morgan fingerprint density at radius 3 is 2.51 bits per heavy atom. The van der Waals surface area contributed by atoms with E-state index in [0.29, 0.717) is 40.2 Å². The molecule has 0 amide bonds. The van der Waals surface area contributed by atoms with Crippen molar-refractivity contribution in [2.45, 2.75) is 31.9 Å². The molecule has 41 heavy (non-hydrogen) atoms. The normalized spacial score (nSPS) is 18.0. The number of aromatic amines is 1. The lowest BCUT2D eigenvalue weighted by atomic mass is 10.1. The summed E-state index contributed by atoms with van der Waals surface area (Å²) in [5, 5.41) is 19.6. The molecule has 0 bridgehead atoms. The number of hydrogen-bond acceptors (Lipinski definition) is 8. The Morgan fingerprint density at radius 2 is 1.80 bits per heavy atom. The Bertz CT molecular complexity index is 1750. The van der Waals surface area contributed by atoms with Crippen LogP contribution in [0.2, 0.25) is 0 Å². The van der Waals surface area contributed by atoms with Gasteiger partial charge in [0.05, 0.1) is 11.0 Å². The fourth-order valence-corrected chi connectivity index (χ4v) is 6.07. The molecule has 216 valence electrons. The summed E-state index contributed by atoms with van der Waals surface area (Å²) in [5.41, 5.74) is 1.29. The van der Waals surface area contributed by atoms with Crippen molar-refractivity contribution in [3.63, 3.8) is 0 Å². The monoisotopic (exact) mass is 561 g/mol. The average molecular weight is 562 g/mol. The van der Waals surface area contributed by atoms with Gasteiger partial charge in [0.2, 0.25) is 10.9 Å². The molecule has 1 atom stereocenters. The smallest absolute Gasteiger partial charge is 0.292 e. The third-order valence-electron chi connectivity index (χ3n) is 8.29. The zero-order chi connectivity index (χ0) is 28.5. The molecule has 3 aliphatic heterocycles. The van der Waals surface area contributed by atoms with Gasteiger partial charge in [-0.15, -0.1) is 0 Å². The first-order valence-electron chi connectivity index (χ1n) is 14.2. The minimum atomic E-state index is -0.346. The van der Waals surface area contributed by atoms with Gasteiger partial charge >= 0.3 is 0 Å². The Labute approximate surface area is 235 Å². The maximum atomic E-state index is 13.2. The fraction of sp³-hybridized carbons (Fsp3) is 0.448. The maximum Gasteiger partial charge on any atom is 0.292 e. The highest BCUT2D eigenvalue weighted by Gasteiger charge is 2.22. The van der Waals surface area contributed by atoms with Crippen molar-refractivity contribution in [2.75, 3.05) is 56.1 Å². The van der Waals surface area contributed by atoms with E-state index >= 15 is 0 Å². The maximum absolute atomic E-state index is 13.2. The number of aryl methyl sites for hydroxylation is 1. The van der Waals surface area contributed by atoms with Crippen LogP contribution >= 0.6 is 0 Å². The SMILES string of the molecule is Cn1[nH]c2c(=O)c3ccccc3c(=O)c=2n1CCCN1CCN(c2ccc([N+](=O)[O-])c(NCC3CCCO3)c2)CC1. The van der Waals surface area contributed by atoms with E-state index in [-0.39, 0.29) is 27.6 Å². The predicted molar refractivity (Wildman–Crippen MR) is 157 cm³/mol. The third-order valence-corrected chi connectivity index (χ3v) is 8.29. The van der Waals surface area contributed by atoms with E-state index in [1.54, 1.807) is 35.1 Å². The van der Waals surface area contributed by atoms with E-state index in [0.717, 1.165) is 64.3 Å². The molecule has 2 aromatic rings. The van der Waals surface area contributed by atoms with Gasteiger partial charge in [0, 0.05) is 82.0 Å². The van der Waals surface area contributed by atoms with Crippen LogP contribution < -0.4 is 21.1 Å². The number of aromatic nitrogens is 3. The third kappa shape index (κ3) is 5.32. The van der Waals surface area contributed by atoms with Gasteiger partial charge in [0.15, 0.2) is 0 Å². The summed E-state index contributed by atoms with van der Waals surface area (Å²) in [6, 6.07) is 12.3. The van der Waals surface area contributed by atoms with Crippen LogP contribution in [0.3, 0.4) is 0 Å². The molecule has 0 radical (unpaired) electrons. The van der Waals surface area contributed by atoms with Crippen LogP contribution in [0.4, 0.5) is 17.1 Å². The second kappa shape index (κ2) is 11.4. The topological polar surface area (TPSA) is 131 Å². The van der Waals surface area contributed by atoms with E-state index in [2.05, 4.69) is 20.2 Å². The van der Waals surface area contributed by atoms with Crippen molar-refractivity contribution < 1.29 is 9.66 Å². The molecular formula is C29H35N7O5. The lowest BCUT2D eigenvalue weighted by molar-refractivity contribution is -0.383. The number of hydrogen-bond donors (Lipinski definition) is 2. The summed E-state index contributed by atoms with van der Waals surface area (Å²) in [5.74, 6) is 0. The molecule has 0 aromatic heterocycles. The highest BCUT2D eigenvalue weighted by Crippen LogP contribution is 2.30. The Balaban J connectivity index is 1.09. The summed E-state index contributed by atoms with van der Waals surface area (Å²) < 4.78 is 7.53. The van der Waals surface area contributed by atoms with Crippen LogP contribution in [-0.4, -0.2) is 76.4 Å². The van der Waals surface area contributed by atoms with Crippen LogP contribution in [-0.2, 0) is 18.3 Å². The molecule has 2 aromatic carbocycles. The molecule has 0 spiro atoms. The van der Waals surface area contributed by atoms with Crippen molar-refractivity contribution in [1.82, 2.24) is 19.5 Å². The van der Waals surface area contributed by atoms with E-state index < -0.39 is 0 Å². The van der Waals surface area contributed by atoms with Crippen molar-refractivity contribution in [1.29, 1.82) is 0 Å². The standard InChI is InChI=1S/C29H35N7O5/c1-32-31-26-27(29(38)23-8-3-2-7-22(23)28(26)37)35(32)12-5-11-33-13-15-34(16-14-33)20-9-10-25(36(39)40)24(18-20)30-19-21-6-4-17-41-21/h2-3,7-10,18,21,30-31H,4-6,11-17,19H2,1H3. The van der Waals surface area contributed by atoms with Gasteiger partial charge in [-0.05, 0) is 31.4 Å². The van der Waals surface area contributed by atoms with Crippen molar-refractivity contribution in [3.8, 4) is 0 Å². The van der Waals surface area contributed by atoms with Crippen LogP contribution in [0.1, 0.15) is 19.3 Å². The van der Waals surface area contributed by atoms with Crippen molar-refractivity contribution in [3.05, 3.63) is 83.7 Å². The number of anilines is 2. The zero-order valence-corrected chi connectivity index (χ0v) is 23.2. The lowest BCUT2D eigenvalue weighted by Crippen LogP contribution is -2.46. The molecule has 1 unspecified atom stereocenters. The Morgan fingerprint density at radius 1 is 1.05 bits per heavy atom. The number of piperazine rings is 1. The molecule has 12 heteroatoms. The number of nitrogens with one attached hydrogen (secondary N) is 2. The molecule has 2 fully saturated rings. The summed E-state index contributed by atoms with van der Waals surface area (Å²) in [7, 11) is 1.82.